The van der Waals surface area contributed by atoms with E-state index < -0.39 is 0 Å². The number of nitrogens with two attached hydrogens (primary N) is 1. The number of anilines is 2. The van der Waals surface area contributed by atoms with Crippen LogP contribution in [0.15, 0.2) is 42.5 Å². The molecule has 3 aromatic rings. The maximum absolute atomic E-state index is 12.2. The zero-order valence-electron chi connectivity index (χ0n) is 12.0. The highest BCUT2D eigenvalue weighted by Crippen LogP contribution is 2.20. The molecule has 2 aromatic carbocycles. The van der Waals surface area contributed by atoms with E-state index in [2.05, 4.69) is 25.9 Å². The summed E-state index contributed by atoms with van der Waals surface area (Å²) >= 11 is 5.90. The maximum Gasteiger partial charge on any atom is 0.257 e. The third-order valence-electron chi connectivity index (χ3n) is 3.22. The third-order valence-corrected chi connectivity index (χ3v) is 3.46. The molecule has 1 amide bonds. The number of H-pyrrole nitrogens is 1. The molecule has 4 N–H and O–H groups in total. The lowest BCUT2D eigenvalue weighted by atomic mass is 10.1. The van der Waals surface area contributed by atoms with Crippen molar-refractivity contribution >= 4 is 28.9 Å². The quantitative estimate of drug-likeness (QED) is 0.636. The van der Waals surface area contributed by atoms with Crippen molar-refractivity contribution in [2.24, 2.45) is 0 Å². The minimum atomic E-state index is -0.309. The number of amides is 1. The second kappa shape index (κ2) is 6.45. The van der Waals surface area contributed by atoms with Crippen LogP contribution in [0.4, 0.5) is 11.4 Å². The molecule has 0 atom stereocenters. The van der Waals surface area contributed by atoms with Gasteiger partial charge in [0.1, 0.15) is 0 Å². The van der Waals surface area contributed by atoms with Gasteiger partial charge in [0.05, 0.1) is 5.56 Å². The van der Waals surface area contributed by atoms with Gasteiger partial charge in [-0.25, -0.2) is 0 Å². The van der Waals surface area contributed by atoms with Crippen LogP contribution in [0.3, 0.4) is 0 Å². The first-order valence-electron chi connectivity index (χ1n) is 6.79. The maximum atomic E-state index is 12.2. The van der Waals surface area contributed by atoms with Gasteiger partial charge < -0.3 is 11.1 Å². The van der Waals surface area contributed by atoms with Crippen molar-refractivity contribution in [3.63, 3.8) is 0 Å². The Balaban J connectivity index is 1.70. The molecule has 0 unspecified atom stereocenters. The van der Waals surface area contributed by atoms with Crippen LogP contribution in [-0.4, -0.2) is 26.5 Å². The number of aromatic nitrogens is 4. The number of carbonyl (C=O) groups excluding carboxylic acids is 1. The van der Waals surface area contributed by atoms with Crippen LogP contribution in [0, 0.1) is 0 Å². The molecular formula is C15H13ClN6O. The molecule has 23 heavy (non-hydrogen) atoms. The number of nitrogens with zero attached hydrogens (tertiary/aromatic N) is 3. The summed E-state index contributed by atoms with van der Waals surface area (Å²) in [5.41, 5.74) is 8.18. The van der Waals surface area contributed by atoms with Crippen molar-refractivity contribution in [3.05, 3.63) is 64.4 Å². The molecule has 0 bridgehead atoms. The predicted octanol–water partition coefficient (Wildman–Crippen LogP) is 2.28. The number of nitrogen functional groups attached to an aromatic ring is 1. The van der Waals surface area contributed by atoms with Gasteiger partial charge in [0.15, 0.2) is 5.82 Å². The number of aromatic amines is 1. The van der Waals surface area contributed by atoms with Gasteiger partial charge in [0, 0.05) is 22.8 Å². The Kier molecular flexibility index (Phi) is 4.20. The fraction of sp³-hybridized carbons (Fsp3) is 0.0667. The summed E-state index contributed by atoms with van der Waals surface area (Å²) in [7, 11) is 0. The minimum absolute atomic E-state index is 0.309. The fourth-order valence-corrected chi connectivity index (χ4v) is 2.24. The molecule has 0 spiro atoms. The molecule has 0 radical (unpaired) electrons. The Morgan fingerprint density at radius 3 is 2.70 bits per heavy atom. The van der Waals surface area contributed by atoms with E-state index in [1.165, 1.54) is 6.07 Å². The zero-order valence-corrected chi connectivity index (χ0v) is 12.7. The number of hydrogen-bond acceptors (Lipinski definition) is 5. The first kappa shape index (κ1) is 15.0. The average Bonchev–Trinajstić information content (AvgIpc) is 3.04. The molecule has 0 aliphatic heterocycles. The molecule has 1 heterocycles. The normalized spacial score (nSPS) is 10.5. The Hall–Kier alpha value is -2.93. The Labute approximate surface area is 136 Å². The number of nitrogens with one attached hydrogen (secondary N) is 2. The van der Waals surface area contributed by atoms with Crippen LogP contribution in [0.25, 0.3) is 0 Å². The second-order valence-electron chi connectivity index (χ2n) is 4.89. The molecule has 116 valence electrons. The lowest BCUT2D eigenvalue weighted by molar-refractivity contribution is 0.102. The largest absolute Gasteiger partial charge is 0.398 e. The van der Waals surface area contributed by atoms with Crippen LogP contribution in [0.1, 0.15) is 21.7 Å². The Morgan fingerprint density at radius 2 is 2.00 bits per heavy atom. The number of benzene rings is 2. The van der Waals surface area contributed by atoms with Crippen molar-refractivity contribution in [2.75, 3.05) is 11.1 Å². The number of hydrogen-bond donors (Lipinski definition) is 3. The summed E-state index contributed by atoms with van der Waals surface area (Å²) in [4.78, 5) is 12.2. The SMILES string of the molecule is Nc1ccc(Cl)cc1C(=O)Nc1ccc(Cc2nn[nH]n2)cc1. The fourth-order valence-electron chi connectivity index (χ4n) is 2.07. The highest BCUT2D eigenvalue weighted by atomic mass is 35.5. The summed E-state index contributed by atoms with van der Waals surface area (Å²) in [5.74, 6) is 0.296. The summed E-state index contributed by atoms with van der Waals surface area (Å²) in [6, 6.07) is 12.1. The van der Waals surface area contributed by atoms with Crippen molar-refractivity contribution in [1.82, 2.24) is 20.6 Å². The molecule has 0 saturated heterocycles. The van der Waals surface area contributed by atoms with Gasteiger partial charge >= 0.3 is 0 Å². The standard InChI is InChI=1S/C15H13ClN6O/c16-10-3-6-13(17)12(8-10)15(23)18-11-4-1-9(2-5-11)7-14-19-21-22-20-14/h1-6,8H,7,17H2,(H,18,23)(H,19,20,21,22). The van der Waals surface area contributed by atoms with Crippen LogP contribution in [0.5, 0.6) is 0 Å². The molecule has 8 heteroatoms. The zero-order chi connectivity index (χ0) is 16.2. The van der Waals surface area contributed by atoms with Gasteiger partial charge in [-0.3, -0.25) is 4.79 Å². The van der Waals surface area contributed by atoms with Gasteiger partial charge in [-0.1, -0.05) is 28.9 Å². The van der Waals surface area contributed by atoms with E-state index in [1.807, 2.05) is 12.1 Å². The van der Waals surface area contributed by atoms with Crippen LogP contribution < -0.4 is 11.1 Å². The number of halogens is 1. The van der Waals surface area contributed by atoms with Gasteiger partial charge in [-0.2, -0.15) is 5.21 Å². The molecule has 0 fully saturated rings. The van der Waals surface area contributed by atoms with Crippen LogP contribution in [0.2, 0.25) is 5.02 Å². The summed E-state index contributed by atoms with van der Waals surface area (Å²) < 4.78 is 0. The monoisotopic (exact) mass is 328 g/mol. The van der Waals surface area contributed by atoms with Crippen molar-refractivity contribution in [3.8, 4) is 0 Å². The summed E-state index contributed by atoms with van der Waals surface area (Å²) in [6.07, 6.45) is 0.561. The highest BCUT2D eigenvalue weighted by molar-refractivity contribution is 6.31. The predicted molar refractivity (Wildman–Crippen MR) is 87.2 cm³/mol. The summed E-state index contributed by atoms with van der Waals surface area (Å²) in [5, 5.41) is 17.0. The van der Waals surface area contributed by atoms with Gasteiger partial charge in [0.25, 0.3) is 5.91 Å². The first-order chi connectivity index (χ1) is 11.1. The van der Waals surface area contributed by atoms with E-state index in [4.69, 9.17) is 17.3 Å². The average molecular weight is 329 g/mol. The Bertz CT molecular complexity index is 816. The van der Waals surface area contributed by atoms with Crippen LogP contribution in [-0.2, 0) is 6.42 Å². The van der Waals surface area contributed by atoms with Gasteiger partial charge in [-0.05, 0) is 35.9 Å². The number of carbonyl (C=O) groups is 1. The first-order valence-corrected chi connectivity index (χ1v) is 7.17. The highest BCUT2D eigenvalue weighted by Gasteiger charge is 2.11. The number of rotatable bonds is 4. The molecule has 1 aromatic heterocycles. The number of tetrazole rings is 1. The van der Waals surface area contributed by atoms with Crippen molar-refractivity contribution in [2.45, 2.75) is 6.42 Å². The van der Waals surface area contributed by atoms with Crippen molar-refractivity contribution < 1.29 is 4.79 Å². The second-order valence-corrected chi connectivity index (χ2v) is 5.32. The van der Waals surface area contributed by atoms with E-state index in [1.54, 1.807) is 24.3 Å². The molecular weight excluding hydrogens is 316 g/mol. The molecule has 0 aliphatic rings. The Morgan fingerprint density at radius 1 is 1.22 bits per heavy atom. The minimum Gasteiger partial charge on any atom is -0.398 e. The van der Waals surface area contributed by atoms with Crippen molar-refractivity contribution in [1.29, 1.82) is 0 Å². The molecule has 0 saturated carbocycles. The van der Waals surface area contributed by atoms with E-state index >= 15 is 0 Å². The lowest BCUT2D eigenvalue weighted by Crippen LogP contribution is -2.14. The van der Waals surface area contributed by atoms with E-state index in [-0.39, 0.29) is 5.91 Å². The molecule has 0 aliphatic carbocycles. The third kappa shape index (κ3) is 3.64. The summed E-state index contributed by atoms with van der Waals surface area (Å²) in [6.45, 7) is 0. The van der Waals surface area contributed by atoms with E-state index in [9.17, 15) is 4.79 Å². The van der Waals surface area contributed by atoms with Crippen LogP contribution >= 0.6 is 11.6 Å². The lowest BCUT2D eigenvalue weighted by Gasteiger charge is -2.08. The molecule has 3 rings (SSSR count). The molecule has 7 nitrogen and oxygen atoms in total. The van der Waals surface area contributed by atoms with Gasteiger partial charge in [0.2, 0.25) is 0 Å². The smallest absolute Gasteiger partial charge is 0.257 e. The van der Waals surface area contributed by atoms with E-state index in [0.29, 0.717) is 34.2 Å². The van der Waals surface area contributed by atoms with Gasteiger partial charge in [-0.15, -0.1) is 10.2 Å². The topological polar surface area (TPSA) is 110 Å². The van der Waals surface area contributed by atoms with E-state index in [0.717, 1.165) is 5.56 Å².